The molecule has 0 saturated carbocycles. The highest BCUT2D eigenvalue weighted by atomic mass is 14.3. The molecule has 0 heterocycles. The van der Waals surface area contributed by atoms with Crippen LogP contribution in [0.2, 0.25) is 0 Å². The Balaban J connectivity index is 2.00. The molecule has 0 amide bonds. The predicted molar refractivity (Wildman–Crippen MR) is 89.7 cm³/mol. The molecule has 0 aliphatic heterocycles. The third kappa shape index (κ3) is 1.45. The lowest BCUT2D eigenvalue weighted by Crippen LogP contribution is -1.83. The Labute approximate surface area is 123 Å². The van der Waals surface area contributed by atoms with Crippen LogP contribution in [-0.2, 0) is 6.42 Å². The first-order valence-electron chi connectivity index (χ1n) is 7.43. The maximum absolute atomic E-state index is 2.30. The molecule has 0 nitrogen and oxygen atoms in total. The summed E-state index contributed by atoms with van der Waals surface area (Å²) in [5.74, 6) is 0. The quantitative estimate of drug-likeness (QED) is 0.344. The van der Waals surface area contributed by atoms with Crippen molar-refractivity contribution in [1.82, 2.24) is 0 Å². The van der Waals surface area contributed by atoms with Crippen molar-refractivity contribution in [2.45, 2.75) is 6.42 Å². The molecule has 5 rings (SSSR count). The first-order chi connectivity index (χ1) is 10.4. The molecule has 0 bridgehead atoms. The van der Waals surface area contributed by atoms with E-state index in [0.717, 1.165) is 6.42 Å². The molecule has 0 heteroatoms. The van der Waals surface area contributed by atoms with Crippen LogP contribution in [0.3, 0.4) is 0 Å². The summed E-state index contributed by atoms with van der Waals surface area (Å²) < 4.78 is 0. The Morgan fingerprint density at radius 1 is 0.476 bits per heavy atom. The van der Waals surface area contributed by atoms with Crippen LogP contribution in [-0.4, -0.2) is 0 Å². The van der Waals surface area contributed by atoms with E-state index in [9.17, 15) is 0 Å². The summed E-state index contributed by atoms with van der Waals surface area (Å²) >= 11 is 0. The second kappa shape index (κ2) is 3.95. The normalized spacial score (nSPS) is 12.6. The van der Waals surface area contributed by atoms with Crippen LogP contribution in [0.25, 0.3) is 32.7 Å². The van der Waals surface area contributed by atoms with Gasteiger partial charge in [-0.2, -0.15) is 0 Å². The molecule has 4 aromatic carbocycles. The van der Waals surface area contributed by atoms with Gasteiger partial charge in [0.1, 0.15) is 0 Å². The first-order valence-corrected chi connectivity index (χ1v) is 7.43. The monoisotopic (exact) mass is 266 g/mol. The highest BCUT2D eigenvalue weighted by Gasteiger charge is 2.22. The Morgan fingerprint density at radius 3 is 1.48 bits per heavy atom. The van der Waals surface area contributed by atoms with Gasteiger partial charge >= 0.3 is 0 Å². The molecule has 0 radical (unpaired) electrons. The predicted octanol–water partition coefficient (Wildman–Crippen LogP) is 5.56. The zero-order valence-corrected chi connectivity index (χ0v) is 11.6. The van der Waals surface area contributed by atoms with Crippen molar-refractivity contribution < 1.29 is 0 Å². The molecule has 98 valence electrons. The molecule has 0 N–H and O–H groups in total. The van der Waals surface area contributed by atoms with Crippen molar-refractivity contribution in [2.75, 3.05) is 0 Å². The lowest BCUT2D eigenvalue weighted by molar-refractivity contribution is 1.27. The van der Waals surface area contributed by atoms with Crippen LogP contribution in [0.5, 0.6) is 0 Å². The van der Waals surface area contributed by atoms with Gasteiger partial charge in [-0.05, 0) is 50.2 Å². The molecule has 21 heavy (non-hydrogen) atoms. The fraction of sp³-hybridized carbons (Fsp3) is 0.0476. The summed E-state index contributed by atoms with van der Waals surface area (Å²) in [6.45, 7) is 0. The van der Waals surface area contributed by atoms with Gasteiger partial charge in [-0.15, -0.1) is 0 Å². The van der Waals surface area contributed by atoms with E-state index in [1.165, 1.54) is 43.8 Å². The summed E-state index contributed by atoms with van der Waals surface area (Å²) in [5.41, 5.74) is 5.81. The van der Waals surface area contributed by atoms with Gasteiger partial charge in [0.2, 0.25) is 0 Å². The van der Waals surface area contributed by atoms with Crippen LogP contribution in [0, 0.1) is 0 Å². The molecule has 0 fully saturated rings. The van der Waals surface area contributed by atoms with Gasteiger partial charge < -0.3 is 0 Å². The van der Waals surface area contributed by atoms with Crippen molar-refractivity contribution in [3.05, 3.63) is 83.9 Å². The van der Waals surface area contributed by atoms with E-state index in [1.54, 1.807) is 0 Å². The van der Waals surface area contributed by atoms with Crippen LogP contribution in [0.15, 0.2) is 72.8 Å². The van der Waals surface area contributed by atoms with E-state index in [0.29, 0.717) is 0 Å². The number of fused-ring (bicyclic) bond motifs is 7. The van der Waals surface area contributed by atoms with Crippen molar-refractivity contribution in [3.8, 4) is 11.1 Å². The second-order valence-electron chi connectivity index (χ2n) is 5.82. The maximum Gasteiger partial charge on any atom is -0.00130 e. The number of hydrogen-bond donors (Lipinski definition) is 0. The van der Waals surface area contributed by atoms with Crippen molar-refractivity contribution in [3.63, 3.8) is 0 Å². The maximum atomic E-state index is 2.30. The number of hydrogen-bond acceptors (Lipinski definition) is 0. The molecule has 1 aliphatic carbocycles. The third-order valence-corrected chi connectivity index (χ3v) is 4.66. The van der Waals surface area contributed by atoms with Gasteiger partial charge in [-0.3, -0.25) is 0 Å². The third-order valence-electron chi connectivity index (χ3n) is 4.66. The highest BCUT2D eigenvalue weighted by Crippen LogP contribution is 2.44. The van der Waals surface area contributed by atoms with Crippen LogP contribution < -0.4 is 0 Å². The van der Waals surface area contributed by atoms with E-state index >= 15 is 0 Å². The SMILES string of the molecule is c1ccc2c3c(ccc2c1)Cc1ccc2ccccc2c1-3. The van der Waals surface area contributed by atoms with E-state index in [4.69, 9.17) is 0 Å². The Kier molecular flexibility index (Phi) is 2.09. The summed E-state index contributed by atoms with van der Waals surface area (Å²) in [7, 11) is 0. The molecule has 0 aromatic heterocycles. The minimum absolute atomic E-state index is 1.06. The minimum atomic E-state index is 1.06. The van der Waals surface area contributed by atoms with Gasteiger partial charge in [-0.25, -0.2) is 0 Å². The summed E-state index contributed by atoms with van der Waals surface area (Å²) in [6.07, 6.45) is 1.06. The van der Waals surface area contributed by atoms with E-state index in [1.807, 2.05) is 0 Å². The van der Waals surface area contributed by atoms with Gasteiger partial charge in [0.05, 0.1) is 0 Å². The Hall–Kier alpha value is -2.60. The second-order valence-corrected chi connectivity index (χ2v) is 5.82. The zero-order valence-electron chi connectivity index (χ0n) is 11.6. The molecular weight excluding hydrogens is 252 g/mol. The van der Waals surface area contributed by atoms with Crippen LogP contribution in [0.1, 0.15) is 11.1 Å². The fourth-order valence-corrected chi connectivity index (χ4v) is 3.72. The van der Waals surface area contributed by atoms with Gasteiger partial charge in [0, 0.05) is 0 Å². The Bertz CT molecular complexity index is 926. The first kappa shape index (κ1) is 11.1. The fourth-order valence-electron chi connectivity index (χ4n) is 3.72. The molecule has 1 aliphatic rings. The number of rotatable bonds is 0. The van der Waals surface area contributed by atoms with E-state index in [2.05, 4.69) is 72.8 Å². The average Bonchev–Trinajstić information content (AvgIpc) is 2.94. The molecular formula is C21H14. The highest BCUT2D eigenvalue weighted by molar-refractivity contribution is 6.09. The van der Waals surface area contributed by atoms with Crippen LogP contribution in [0.4, 0.5) is 0 Å². The molecule has 0 atom stereocenters. The summed E-state index contributed by atoms with van der Waals surface area (Å²) in [6, 6.07) is 26.6. The lowest BCUT2D eigenvalue weighted by Gasteiger charge is -2.09. The van der Waals surface area contributed by atoms with Crippen LogP contribution >= 0.6 is 0 Å². The van der Waals surface area contributed by atoms with Gasteiger partial charge in [0.15, 0.2) is 0 Å². The van der Waals surface area contributed by atoms with Crippen molar-refractivity contribution in [2.24, 2.45) is 0 Å². The van der Waals surface area contributed by atoms with Crippen molar-refractivity contribution >= 4 is 21.5 Å². The largest absolute Gasteiger partial charge is 0.0616 e. The minimum Gasteiger partial charge on any atom is -0.0616 e. The standard InChI is InChI=1S/C21H14/c1-3-7-18-14(5-1)9-11-16-13-17-12-10-15-6-2-4-8-19(15)21(17)20(16)18/h1-12H,13H2. The van der Waals surface area contributed by atoms with E-state index in [-0.39, 0.29) is 0 Å². The average molecular weight is 266 g/mol. The molecule has 4 aromatic rings. The smallest absolute Gasteiger partial charge is 0.00130 e. The molecule has 0 spiro atoms. The molecule has 0 saturated heterocycles. The topological polar surface area (TPSA) is 0 Å². The van der Waals surface area contributed by atoms with Gasteiger partial charge in [0.25, 0.3) is 0 Å². The lowest BCUT2D eigenvalue weighted by atomic mass is 9.94. The Morgan fingerprint density at radius 2 is 0.952 bits per heavy atom. The summed E-state index contributed by atoms with van der Waals surface area (Å²) in [5, 5.41) is 5.42. The van der Waals surface area contributed by atoms with E-state index < -0.39 is 0 Å². The molecule has 0 unspecified atom stereocenters. The van der Waals surface area contributed by atoms with Crippen molar-refractivity contribution in [1.29, 1.82) is 0 Å². The zero-order chi connectivity index (χ0) is 13.8. The number of benzene rings is 4. The summed E-state index contributed by atoms with van der Waals surface area (Å²) in [4.78, 5) is 0. The van der Waals surface area contributed by atoms with Gasteiger partial charge in [-0.1, -0.05) is 72.8 Å².